The SMILES string of the molecule is COC1CCCC1NCc1ccc([N+](=O)[O-])cc1. The van der Waals surface area contributed by atoms with E-state index in [4.69, 9.17) is 4.74 Å². The van der Waals surface area contributed by atoms with Crippen molar-refractivity contribution < 1.29 is 9.66 Å². The van der Waals surface area contributed by atoms with Gasteiger partial charge in [0.05, 0.1) is 11.0 Å². The van der Waals surface area contributed by atoms with Gasteiger partial charge >= 0.3 is 0 Å². The number of nitro groups is 1. The van der Waals surface area contributed by atoms with Gasteiger partial charge in [0.15, 0.2) is 0 Å². The fraction of sp³-hybridized carbons (Fsp3) is 0.538. The maximum absolute atomic E-state index is 10.5. The van der Waals surface area contributed by atoms with E-state index in [-0.39, 0.29) is 10.6 Å². The Bertz CT molecular complexity index is 405. The quantitative estimate of drug-likeness (QED) is 0.643. The molecule has 0 heterocycles. The van der Waals surface area contributed by atoms with Crippen molar-refractivity contribution in [2.75, 3.05) is 7.11 Å². The van der Waals surface area contributed by atoms with Gasteiger partial charge in [-0.2, -0.15) is 0 Å². The van der Waals surface area contributed by atoms with Crippen LogP contribution in [0.3, 0.4) is 0 Å². The predicted molar refractivity (Wildman–Crippen MR) is 68.4 cm³/mol. The van der Waals surface area contributed by atoms with Crippen LogP contribution in [0, 0.1) is 10.1 Å². The molecule has 2 unspecified atom stereocenters. The zero-order valence-corrected chi connectivity index (χ0v) is 10.5. The largest absolute Gasteiger partial charge is 0.380 e. The van der Waals surface area contributed by atoms with Crippen LogP contribution in [0.2, 0.25) is 0 Å². The molecule has 2 rings (SSSR count). The Morgan fingerprint density at radius 3 is 2.72 bits per heavy atom. The molecule has 0 saturated heterocycles. The number of benzene rings is 1. The Hall–Kier alpha value is -1.46. The van der Waals surface area contributed by atoms with E-state index in [9.17, 15) is 10.1 Å². The van der Waals surface area contributed by atoms with Crippen LogP contribution in [0.25, 0.3) is 0 Å². The molecule has 1 aromatic carbocycles. The van der Waals surface area contributed by atoms with Crippen LogP contribution in [-0.4, -0.2) is 24.2 Å². The lowest BCUT2D eigenvalue weighted by Gasteiger charge is -2.19. The van der Waals surface area contributed by atoms with Gasteiger partial charge in [0, 0.05) is 31.8 Å². The Kier molecular flexibility index (Phi) is 4.28. The van der Waals surface area contributed by atoms with Crippen LogP contribution in [0.4, 0.5) is 5.69 Å². The lowest BCUT2D eigenvalue weighted by molar-refractivity contribution is -0.384. The van der Waals surface area contributed by atoms with Crippen molar-refractivity contribution in [3.8, 4) is 0 Å². The number of methoxy groups -OCH3 is 1. The first-order valence-corrected chi connectivity index (χ1v) is 6.20. The summed E-state index contributed by atoms with van der Waals surface area (Å²) in [5, 5.41) is 14.0. The third-order valence-corrected chi connectivity index (χ3v) is 3.47. The molecule has 1 fully saturated rings. The summed E-state index contributed by atoms with van der Waals surface area (Å²) in [4.78, 5) is 10.2. The minimum atomic E-state index is -0.380. The highest BCUT2D eigenvalue weighted by Gasteiger charge is 2.26. The number of non-ortho nitro benzene ring substituents is 1. The van der Waals surface area contributed by atoms with Crippen LogP contribution in [0.15, 0.2) is 24.3 Å². The van der Waals surface area contributed by atoms with Crippen molar-refractivity contribution in [2.45, 2.75) is 38.0 Å². The standard InChI is InChI=1S/C13H18N2O3/c1-18-13-4-2-3-12(13)14-9-10-5-7-11(8-6-10)15(16)17/h5-8,12-14H,2-4,9H2,1H3. The minimum absolute atomic E-state index is 0.134. The molecule has 98 valence electrons. The molecule has 18 heavy (non-hydrogen) atoms. The molecule has 5 heteroatoms. The van der Waals surface area contributed by atoms with Crippen LogP contribution >= 0.6 is 0 Å². The normalized spacial score (nSPS) is 23.2. The van der Waals surface area contributed by atoms with Crippen molar-refractivity contribution in [3.05, 3.63) is 39.9 Å². The highest BCUT2D eigenvalue weighted by molar-refractivity contribution is 5.32. The Labute approximate surface area is 106 Å². The molecule has 1 N–H and O–H groups in total. The lowest BCUT2D eigenvalue weighted by Crippen LogP contribution is -2.36. The Morgan fingerprint density at radius 2 is 2.11 bits per heavy atom. The number of nitrogens with one attached hydrogen (secondary N) is 1. The van der Waals surface area contributed by atoms with Crippen molar-refractivity contribution in [2.24, 2.45) is 0 Å². The number of nitro benzene ring substituents is 1. The van der Waals surface area contributed by atoms with E-state index in [1.807, 2.05) is 0 Å². The number of ether oxygens (including phenoxy) is 1. The van der Waals surface area contributed by atoms with Gasteiger partial charge in [0.1, 0.15) is 0 Å². The second kappa shape index (κ2) is 5.93. The van der Waals surface area contributed by atoms with Crippen LogP contribution in [-0.2, 0) is 11.3 Å². The van der Waals surface area contributed by atoms with Crippen molar-refractivity contribution in [3.63, 3.8) is 0 Å². The van der Waals surface area contributed by atoms with Crippen LogP contribution in [0.5, 0.6) is 0 Å². The van der Waals surface area contributed by atoms with E-state index in [0.29, 0.717) is 12.1 Å². The molecular formula is C13H18N2O3. The average Bonchev–Trinajstić information content (AvgIpc) is 2.84. The minimum Gasteiger partial charge on any atom is -0.380 e. The van der Waals surface area contributed by atoms with Crippen LogP contribution in [0.1, 0.15) is 24.8 Å². The summed E-state index contributed by atoms with van der Waals surface area (Å²) >= 11 is 0. The molecule has 0 amide bonds. The second-order valence-corrected chi connectivity index (χ2v) is 4.62. The van der Waals surface area contributed by atoms with Gasteiger partial charge in [-0.05, 0) is 24.8 Å². The number of hydrogen-bond donors (Lipinski definition) is 1. The van der Waals surface area contributed by atoms with Crippen LogP contribution < -0.4 is 5.32 Å². The lowest BCUT2D eigenvalue weighted by atomic mass is 10.1. The van der Waals surface area contributed by atoms with Crippen molar-refractivity contribution in [1.82, 2.24) is 5.32 Å². The zero-order chi connectivity index (χ0) is 13.0. The van der Waals surface area contributed by atoms with Gasteiger partial charge in [-0.1, -0.05) is 12.1 Å². The van der Waals surface area contributed by atoms with E-state index in [2.05, 4.69) is 5.32 Å². The molecule has 0 spiro atoms. The predicted octanol–water partition coefficient (Wildman–Crippen LogP) is 2.25. The van der Waals surface area contributed by atoms with Gasteiger partial charge < -0.3 is 10.1 Å². The van der Waals surface area contributed by atoms with Gasteiger partial charge in [-0.25, -0.2) is 0 Å². The van der Waals surface area contributed by atoms with E-state index in [1.54, 1.807) is 31.4 Å². The van der Waals surface area contributed by atoms with E-state index >= 15 is 0 Å². The third-order valence-electron chi connectivity index (χ3n) is 3.47. The maximum Gasteiger partial charge on any atom is 0.269 e. The molecule has 2 atom stereocenters. The summed E-state index contributed by atoms with van der Waals surface area (Å²) < 4.78 is 5.41. The molecule has 0 aromatic heterocycles. The third kappa shape index (κ3) is 3.05. The fourth-order valence-electron chi connectivity index (χ4n) is 2.43. The van der Waals surface area contributed by atoms with Gasteiger partial charge in [-0.3, -0.25) is 10.1 Å². The summed E-state index contributed by atoms with van der Waals surface area (Å²) in [5.41, 5.74) is 1.19. The monoisotopic (exact) mass is 250 g/mol. The summed E-state index contributed by atoms with van der Waals surface area (Å²) in [7, 11) is 1.75. The first kappa shape index (κ1) is 13.0. The smallest absolute Gasteiger partial charge is 0.269 e. The van der Waals surface area contributed by atoms with Gasteiger partial charge in [-0.15, -0.1) is 0 Å². The molecular weight excluding hydrogens is 232 g/mol. The number of hydrogen-bond acceptors (Lipinski definition) is 4. The fourth-order valence-corrected chi connectivity index (χ4v) is 2.43. The number of nitrogens with zero attached hydrogens (tertiary/aromatic N) is 1. The molecule has 1 aromatic rings. The summed E-state index contributed by atoms with van der Waals surface area (Å²) in [6.07, 6.45) is 3.72. The van der Waals surface area contributed by atoms with E-state index in [0.717, 1.165) is 24.9 Å². The topological polar surface area (TPSA) is 64.4 Å². The van der Waals surface area contributed by atoms with Crippen molar-refractivity contribution in [1.29, 1.82) is 0 Å². The molecule has 0 aliphatic heterocycles. The molecule has 0 bridgehead atoms. The highest BCUT2D eigenvalue weighted by Crippen LogP contribution is 2.22. The summed E-state index contributed by atoms with van der Waals surface area (Å²) in [6, 6.07) is 7.06. The Balaban J connectivity index is 1.88. The molecule has 1 saturated carbocycles. The molecule has 1 aliphatic rings. The molecule has 1 aliphatic carbocycles. The van der Waals surface area contributed by atoms with Gasteiger partial charge in [0.2, 0.25) is 0 Å². The first-order chi connectivity index (χ1) is 8.70. The summed E-state index contributed by atoms with van der Waals surface area (Å²) in [6.45, 7) is 0.725. The van der Waals surface area contributed by atoms with Crippen molar-refractivity contribution >= 4 is 5.69 Å². The highest BCUT2D eigenvalue weighted by atomic mass is 16.6. The average molecular weight is 250 g/mol. The Morgan fingerprint density at radius 1 is 1.39 bits per heavy atom. The first-order valence-electron chi connectivity index (χ1n) is 6.20. The van der Waals surface area contributed by atoms with E-state index < -0.39 is 0 Å². The second-order valence-electron chi connectivity index (χ2n) is 4.62. The summed E-state index contributed by atoms with van der Waals surface area (Å²) in [5.74, 6) is 0. The zero-order valence-electron chi connectivity index (χ0n) is 10.5. The number of rotatable bonds is 5. The molecule has 5 nitrogen and oxygen atoms in total. The maximum atomic E-state index is 10.5. The van der Waals surface area contributed by atoms with E-state index in [1.165, 1.54) is 6.42 Å². The molecule has 0 radical (unpaired) electrons. The van der Waals surface area contributed by atoms with Gasteiger partial charge in [0.25, 0.3) is 5.69 Å².